The van der Waals surface area contributed by atoms with E-state index in [1.807, 2.05) is 46.3 Å². The lowest BCUT2D eigenvalue weighted by molar-refractivity contribution is -0.126. The molecule has 1 aromatic heterocycles. The Hall–Kier alpha value is -3.91. The third-order valence-corrected chi connectivity index (χ3v) is 10.3. The molecule has 48 heavy (non-hydrogen) atoms. The summed E-state index contributed by atoms with van der Waals surface area (Å²) < 4.78 is 5.67. The van der Waals surface area contributed by atoms with E-state index in [1.54, 1.807) is 7.11 Å². The maximum atomic E-state index is 13.3. The summed E-state index contributed by atoms with van der Waals surface area (Å²) in [5.41, 5.74) is 5.61. The monoisotopic (exact) mass is 653 g/mol. The van der Waals surface area contributed by atoms with Gasteiger partial charge in [0.05, 0.1) is 44.7 Å². The van der Waals surface area contributed by atoms with E-state index in [1.165, 1.54) is 29.5 Å². The van der Waals surface area contributed by atoms with Crippen LogP contribution < -0.4 is 14.5 Å². The topological polar surface area (TPSA) is 69.2 Å². The number of pyridine rings is 1. The zero-order valence-corrected chi connectivity index (χ0v) is 30.1. The molecule has 8 nitrogen and oxygen atoms in total. The number of rotatable bonds is 9. The van der Waals surface area contributed by atoms with Gasteiger partial charge in [0.1, 0.15) is 11.6 Å². The maximum Gasteiger partial charge on any atom is 0.237 e. The van der Waals surface area contributed by atoms with Crippen molar-refractivity contribution < 1.29 is 14.3 Å². The molecule has 3 aliphatic rings. The molecule has 8 heteroatoms. The van der Waals surface area contributed by atoms with E-state index in [4.69, 9.17) is 9.72 Å². The second-order valence-corrected chi connectivity index (χ2v) is 14.3. The molecular weight excluding hydrogens is 598 g/mol. The Morgan fingerprint density at radius 1 is 1.00 bits per heavy atom. The Bertz CT molecular complexity index is 1520. The van der Waals surface area contributed by atoms with E-state index < -0.39 is 0 Å². The number of nitrogens with zero attached hydrogens (tertiary/aromatic N) is 5. The van der Waals surface area contributed by atoms with Gasteiger partial charge in [-0.15, -0.1) is 0 Å². The number of amides is 2. The Kier molecular flexibility index (Phi) is 11.8. The van der Waals surface area contributed by atoms with Crippen molar-refractivity contribution in [3.8, 4) is 5.75 Å². The van der Waals surface area contributed by atoms with Gasteiger partial charge in [-0.2, -0.15) is 0 Å². The van der Waals surface area contributed by atoms with Crippen LogP contribution in [-0.4, -0.2) is 73.1 Å². The summed E-state index contributed by atoms with van der Waals surface area (Å²) in [5.74, 6) is 3.30. The number of carbonyl (C=O) groups excluding carboxylic acids is 2. The van der Waals surface area contributed by atoms with Crippen LogP contribution in [0.15, 0.2) is 60.8 Å². The Morgan fingerprint density at radius 3 is 2.29 bits per heavy atom. The lowest BCUT2D eigenvalue weighted by Crippen LogP contribution is -2.40. The molecule has 2 aromatic carbocycles. The van der Waals surface area contributed by atoms with Crippen LogP contribution in [0.1, 0.15) is 81.7 Å². The van der Waals surface area contributed by atoms with Gasteiger partial charge in [0.2, 0.25) is 11.8 Å². The largest absolute Gasteiger partial charge is 0.496 e. The Labute approximate surface area is 288 Å². The third-order valence-electron chi connectivity index (χ3n) is 10.3. The van der Waals surface area contributed by atoms with Crippen LogP contribution in [0.25, 0.3) is 0 Å². The number of likely N-dealkylation sites (N-methyl/N-ethyl adjacent to an activating group) is 1. The zero-order chi connectivity index (χ0) is 34.4. The number of ether oxygens (including phenoxy) is 1. The predicted octanol–water partition coefficient (Wildman–Crippen LogP) is 7.05. The Morgan fingerprint density at radius 2 is 1.73 bits per heavy atom. The number of anilines is 2. The minimum atomic E-state index is -0.0704. The first-order chi connectivity index (χ1) is 23.1. The molecule has 1 unspecified atom stereocenters. The van der Waals surface area contributed by atoms with Crippen LogP contribution in [0.2, 0.25) is 0 Å². The van der Waals surface area contributed by atoms with Crippen LogP contribution in [0, 0.1) is 18.8 Å². The van der Waals surface area contributed by atoms with Crippen LogP contribution in [0.3, 0.4) is 0 Å². The molecule has 1 saturated carbocycles. The summed E-state index contributed by atoms with van der Waals surface area (Å²) in [6.45, 7) is 13.8. The van der Waals surface area contributed by atoms with Crippen LogP contribution in [0.5, 0.6) is 5.75 Å². The second-order valence-electron chi connectivity index (χ2n) is 14.3. The molecule has 6 rings (SSSR count). The van der Waals surface area contributed by atoms with Crippen molar-refractivity contribution in [2.24, 2.45) is 11.8 Å². The molecule has 0 spiro atoms. The van der Waals surface area contributed by atoms with Crippen molar-refractivity contribution in [2.45, 2.75) is 85.2 Å². The van der Waals surface area contributed by atoms with Crippen LogP contribution >= 0.6 is 0 Å². The fraction of sp³-hybridized carbons (Fsp3) is 0.525. The standard InChI is InChI=1S/C33H47N5O3.C7H8/c1-7-36-21-37(20-33(36)40)27-10-8-24(9-11-27)19-35(5)31-13-12-28(18-34-31)38-23(4)29-15-26(14-22(2)3)30(41-6)16-25(29)17-32(38)39;1-7-5-3-2-4-6-7/h12-13,15-16,18,22-24,27H,7-11,14,17,19-21H2,1-6H3;2-6H,1H3. The van der Waals surface area contributed by atoms with Gasteiger partial charge >= 0.3 is 0 Å². The minimum absolute atomic E-state index is 0.0704. The molecule has 1 atom stereocenters. The summed E-state index contributed by atoms with van der Waals surface area (Å²) in [5, 5.41) is 0. The first-order valence-electron chi connectivity index (χ1n) is 17.8. The van der Waals surface area contributed by atoms with Crippen molar-refractivity contribution in [1.29, 1.82) is 0 Å². The van der Waals surface area contributed by atoms with Gasteiger partial charge in [0, 0.05) is 26.2 Å². The number of hydrogen-bond acceptors (Lipinski definition) is 6. The van der Waals surface area contributed by atoms with Gasteiger partial charge in [-0.25, -0.2) is 4.98 Å². The number of aromatic nitrogens is 1. The summed E-state index contributed by atoms with van der Waals surface area (Å²) in [6.07, 6.45) is 7.80. The van der Waals surface area contributed by atoms with Crippen molar-refractivity contribution in [3.63, 3.8) is 0 Å². The number of methoxy groups -OCH3 is 1. The number of benzene rings is 2. The summed E-state index contributed by atoms with van der Waals surface area (Å²) in [7, 11) is 3.82. The molecule has 2 fully saturated rings. The minimum Gasteiger partial charge on any atom is -0.496 e. The van der Waals surface area contributed by atoms with Gasteiger partial charge in [0.15, 0.2) is 0 Å². The number of hydrogen-bond donors (Lipinski definition) is 0. The second kappa shape index (κ2) is 16.0. The number of aryl methyl sites for hydroxylation is 1. The van der Waals surface area contributed by atoms with Gasteiger partial charge in [0.25, 0.3) is 0 Å². The molecule has 1 saturated heterocycles. The normalized spacial score (nSPS) is 21.2. The van der Waals surface area contributed by atoms with Crippen molar-refractivity contribution in [2.75, 3.05) is 50.3 Å². The van der Waals surface area contributed by atoms with E-state index in [-0.39, 0.29) is 17.9 Å². The van der Waals surface area contributed by atoms with E-state index in [0.717, 1.165) is 61.8 Å². The quantitative estimate of drug-likeness (QED) is 0.247. The SMILES string of the molecule is CCN1CN(C2CCC(CN(C)c3ccc(N4C(=O)Cc5cc(OC)c(CC(C)C)cc5C4C)cn3)CC2)CC1=O.Cc1ccccc1. The molecule has 1 aliphatic carbocycles. The maximum absolute atomic E-state index is 13.3. The number of carbonyl (C=O) groups is 2. The molecule has 258 valence electrons. The fourth-order valence-electron chi connectivity index (χ4n) is 7.59. The van der Waals surface area contributed by atoms with Crippen LogP contribution in [-0.2, 0) is 22.4 Å². The van der Waals surface area contributed by atoms with E-state index in [0.29, 0.717) is 30.8 Å². The molecular formula is C40H55N5O3. The molecule has 3 aromatic rings. The zero-order valence-electron chi connectivity index (χ0n) is 30.1. The molecule has 2 amide bonds. The van der Waals surface area contributed by atoms with Gasteiger partial charge in [-0.05, 0) is 106 Å². The van der Waals surface area contributed by atoms with Crippen molar-refractivity contribution in [3.05, 3.63) is 83.0 Å². The highest BCUT2D eigenvalue weighted by atomic mass is 16.5. The van der Waals surface area contributed by atoms with E-state index >= 15 is 0 Å². The van der Waals surface area contributed by atoms with E-state index in [9.17, 15) is 9.59 Å². The Balaban J connectivity index is 0.000000572. The fourth-order valence-corrected chi connectivity index (χ4v) is 7.59. The summed E-state index contributed by atoms with van der Waals surface area (Å²) >= 11 is 0. The van der Waals surface area contributed by atoms with Crippen molar-refractivity contribution >= 4 is 23.3 Å². The number of fused-ring (bicyclic) bond motifs is 1. The summed E-state index contributed by atoms with van der Waals surface area (Å²) in [4.78, 5) is 38.7. The average molecular weight is 654 g/mol. The third kappa shape index (κ3) is 8.38. The molecule has 3 heterocycles. The average Bonchev–Trinajstić information content (AvgIpc) is 3.46. The highest BCUT2D eigenvalue weighted by Gasteiger charge is 2.35. The highest BCUT2D eigenvalue weighted by molar-refractivity contribution is 5.97. The first kappa shape index (κ1) is 35.4. The van der Waals surface area contributed by atoms with E-state index in [2.05, 4.69) is 75.7 Å². The molecule has 2 aliphatic heterocycles. The molecule has 0 N–H and O–H groups in total. The lowest BCUT2D eigenvalue weighted by atomic mass is 9.85. The molecule has 0 bridgehead atoms. The lowest BCUT2D eigenvalue weighted by Gasteiger charge is -2.36. The summed E-state index contributed by atoms with van der Waals surface area (Å²) in [6, 6.07) is 19.1. The predicted molar refractivity (Wildman–Crippen MR) is 195 cm³/mol. The van der Waals surface area contributed by atoms with Crippen molar-refractivity contribution in [1.82, 2.24) is 14.8 Å². The van der Waals surface area contributed by atoms with Gasteiger partial charge < -0.3 is 19.4 Å². The highest BCUT2D eigenvalue weighted by Crippen LogP contribution is 2.38. The van der Waals surface area contributed by atoms with Gasteiger partial charge in [-0.3, -0.25) is 14.5 Å². The molecule has 0 radical (unpaired) electrons. The smallest absolute Gasteiger partial charge is 0.237 e. The van der Waals surface area contributed by atoms with Crippen LogP contribution in [0.4, 0.5) is 11.5 Å². The first-order valence-corrected chi connectivity index (χ1v) is 17.8. The van der Waals surface area contributed by atoms with Gasteiger partial charge in [-0.1, -0.05) is 49.7 Å².